The van der Waals surface area contributed by atoms with Gasteiger partial charge in [0, 0.05) is 7.11 Å². The second-order valence-corrected chi connectivity index (χ2v) is 6.51. The molecule has 0 atom stereocenters. The molecule has 1 N–H and O–H groups in total. The van der Waals surface area contributed by atoms with Crippen molar-refractivity contribution >= 4 is 11.6 Å². The van der Waals surface area contributed by atoms with Gasteiger partial charge in [-0.25, -0.2) is 4.39 Å². The van der Waals surface area contributed by atoms with Crippen LogP contribution in [0.1, 0.15) is 21.9 Å². The lowest BCUT2D eigenvalue weighted by molar-refractivity contribution is -0.137. The van der Waals surface area contributed by atoms with Gasteiger partial charge in [0.05, 0.1) is 17.9 Å². The van der Waals surface area contributed by atoms with Crippen LogP contribution in [-0.4, -0.2) is 26.2 Å². The van der Waals surface area contributed by atoms with Crippen LogP contribution in [0.4, 0.5) is 23.2 Å². The number of anilines is 1. The van der Waals surface area contributed by atoms with Gasteiger partial charge in [-0.2, -0.15) is 13.2 Å². The molecule has 0 unspecified atom stereocenters. The molecule has 1 amide bonds. The van der Waals surface area contributed by atoms with Crippen molar-refractivity contribution in [2.45, 2.75) is 12.8 Å². The second kappa shape index (κ2) is 10.2. The van der Waals surface area contributed by atoms with Crippen LogP contribution >= 0.6 is 0 Å². The molecule has 0 saturated carbocycles. The molecule has 0 radical (unpaired) electrons. The van der Waals surface area contributed by atoms with Gasteiger partial charge >= 0.3 is 6.18 Å². The van der Waals surface area contributed by atoms with Crippen LogP contribution in [0.3, 0.4) is 0 Å². The average molecular weight is 453 g/mol. The van der Waals surface area contributed by atoms with Crippen molar-refractivity contribution in [1.82, 2.24) is 0 Å². The first-order valence-corrected chi connectivity index (χ1v) is 9.37. The van der Waals surface area contributed by atoms with Gasteiger partial charge in [0.2, 0.25) is 0 Å². The van der Waals surface area contributed by atoms with E-state index in [1.807, 2.05) is 0 Å². The van der Waals surface area contributed by atoms with Crippen LogP contribution in [0.5, 0.6) is 11.5 Å². The number of methoxy groups -OCH3 is 1. The zero-order valence-electron chi connectivity index (χ0n) is 16.9. The van der Waals surface area contributed by atoms with E-state index < -0.39 is 23.5 Å². The highest BCUT2D eigenvalue weighted by molar-refractivity contribution is 6.03. The number of hydrogen-bond acceptors (Lipinski definition) is 5. The number of benzene rings is 2. The molecule has 10 heteroatoms. The molecule has 0 fully saturated rings. The lowest BCUT2D eigenvalue weighted by Gasteiger charge is -2.15. The van der Waals surface area contributed by atoms with Crippen molar-refractivity contribution < 1.29 is 41.0 Å². The minimum absolute atomic E-state index is 0.0339. The summed E-state index contributed by atoms with van der Waals surface area (Å²) in [4.78, 5) is 12.5. The summed E-state index contributed by atoms with van der Waals surface area (Å²) in [5.41, 5.74) is -1.11. The first-order valence-electron chi connectivity index (χ1n) is 9.37. The Balaban J connectivity index is 1.70. The second-order valence-electron chi connectivity index (χ2n) is 6.51. The maximum atomic E-state index is 13.1. The summed E-state index contributed by atoms with van der Waals surface area (Å²) in [5, 5.41) is 2.38. The van der Waals surface area contributed by atoms with Gasteiger partial charge < -0.3 is 23.9 Å². The maximum Gasteiger partial charge on any atom is 0.416 e. The van der Waals surface area contributed by atoms with Crippen LogP contribution in [0.15, 0.2) is 59.0 Å². The van der Waals surface area contributed by atoms with Gasteiger partial charge in [-0.3, -0.25) is 4.79 Å². The summed E-state index contributed by atoms with van der Waals surface area (Å²) in [5.74, 6) is -0.572. The normalized spacial score (nSPS) is 11.3. The molecule has 0 saturated heterocycles. The van der Waals surface area contributed by atoms with E-state index in [4.69, 9.17) is 18.6 Å². The minimum Gasteiger partial charge on any atom is -0.489 e. The van der Waals surface area contributed by atoms with Gasteiger partial charge in [-0.05, 0) is 54.6 Å². The molecule has 170 valence electrons. The number of alkyl halides is 3. The van der Waals surface area contributed by atoms with Gasteiger partial charge in [-0.15, -0.1) is 0 Å². The van der Waals surface area contributed by atoms with Crippen molar-refractivity contribution in [2.75, 3.05) is 25.6 Å². The van der Waals surface area contributed by atoms with Crippen molar-refractivity contribution in [2.24, 2.45) is 0 Å². The Labute approximate surface area is 180 Å². The SMILES string of the molecule is COCCOc1ccc(C(F)(F)F)cc1NC(=O)c1ccc(COc2ccc(F)cc2)o1. The van der Waals surface area contributed by atoms with Gasteiger partial charge in [0.25, 0.3) is 5.91 Å². The molecule has 0 spiro atoms. The molecule has 2 aromatic carbocycles. The number of halogens is 4. The first kappa shape index (κ1) is 23.1. The maximum absolute atomic E-state index is 13.1. The van der Waals surface area contributed by atoms with Gasteiger partial charge in [0.15, 0.2) is 5.76 Å². The van der Waals surface area contributed by atoms with E-state index in [0.717, 1.165) is 18.2 Å². The molecule has 3 aromatic rings. The third-order valence-corrected chi connectivity index (χ3v) is 4.18. The monoisotopic (exact) mass is 453 g/mol. The Hall–Kier alpha value is -3.53. The number of carbonyl (C=O) groups excluding carboxylic acids is 1. The van der Waals surface area contributed by atoms with E-state index >= 15 is 0 Å². The van der Waals surface area contributed by atoms with E-state index in [1.165, 1.54) is 43.5 Å². The highest BCUT2D eigenvalue weighted by Crippen LogP contribution is 2.35. The van der Waals surface area contributed by atoms with Crippen LogP contribution in [0.2, 0.25) is 0 Å². The quantitative estimate of drug-likeness (QED) is 0.352. The summed E-state index contributed by atoms with van der Waals surface area (Å²) >= 11 is 0. The number of nitrogens with one attached hydrogen (secondary N) is 1. The third kappa shape index (κ3) is 6.24. The molecule has 0 aliphatic rings. The Morgan fingerprint density at radius 1 is 1.00 bits per heavy atom. The lowest BCUT2D eigenvalue weighted by atomic mass is 10.1. The summed E-state index contributed by atoms with van der Waals surface area (Å²) in [6.45, 7) is 0.258. The van der Waals surface area contributed by atoms with Crippen LogP contribution in [0, 0.1) is 5.82 Å². The Morgan fingerprint density at radius 3 is 2.44 bits per heavy atom. The van der Waals surface area contributed by atoms with Crippen molar-refractivity contribution in [1.29, 1.82) is 0 Å². The number of amides is 1. The fraction of sp³-hybridized carbons (Fsp3) is 0.227. The molecule has 3 rings (SSSR count). The topological polar surface area (TPSA) is 69.9 Å². The van der Waals surface area contributed by atoms with E-state index in [2.05, 4.69) is 5.32 Å². The molecular formula is C22H19F4NO5. The van der Waals surface area contributed by atoms with Crippen LogP contribution in [0.25, 0.3) is 0 Å². The molecule has 1 heterocycles. The van der Waals surface area contributed by atoms with E-state index in [9.17, 15) is 22.4 Å². The molecular weight excluding hydrogens is 434 g/mol. The van der Waals surface area contributed by atoms with Crippen LogP contribution in [-0.2, 0) is 17.5 Å². The number of furan rings is 1. The smallest absolute Gasteiger partial charge is 0.416 e. The Morgan fingerprint density at radius 2 is 1.75 bits per heavy atom. The molecule has 1 aromatic heterocycles. The van der Waals surface area contributed by atoms with E-state index in [-0.39, 0.29) is 37.0 Å². The highest BCUT2D eigenvalue weighted by Gasteiger charge is 2.31. The molecule has 0 aliphatic carbocycles. The number of rotatable bonds is 9. The third-order valence-electron chi connectivity index (χ3n) is 4.18. The van der Waals surface area contributed by atoms with Crippen LogP contribution < -0.4 is 14.8 Å². The lowest BCUT2D eigenvalue weighted by Crippen LogP contribution is -2.15. The average Bonchev–Trinajstić information content (AvgIpc) is 3.23. The van der Waals surface area contributed by atoms with E-state index in [1.54, 1.807) is 0 Å². The standard InChI is InChI=1S/C22H19F4NO5/c1-29-10-11-30-19-8-2-14(22(24,25)26)12-18(19)27-21(28)20-9-7-17(32-20)13-31-16-5-3-15(23)4-6-16/h2-9,12H,10-11,13H2,1H3,(H,27,28). The minimum atomic E-state index is -4.60. The van der Waals surface area contributed by atoms with Gasteiger partial charge in [0.1, 0.15) is 36.3 Å². The Bertz CT molecular complexity index is 1050. The number of carbonyl (C=O) groups is 1. The van der Waals surface area contributed by atoms with E-state index in [0.29, 0.717) is 11.5 Å². The predicted octanol–water partition coefficient (Wildman–Crippen LogP) is 5.29. The number of hydrogen-bond donors (Lipinski definition) is 1. The molecule has 0 aliphatic heterocycles. The summed E-state index contributed by atoms with van der Waals surface area (Å²) in [7, 11) is 1.45. The zero-order valence-corrected chi connectivity index (χ0v) is 16.9. The van der Waals surface area contributed by atoms with Crippen molar-refractivity contribution in [3.63, 3.8) is 0 Å². The summed E-state index contributed by atoms with van der Waals surface area (Å²) in [6.07, 6.45) is -4.60. The highest BCUT2D eigenvalue weighted by atomic mass is 19.4. The van der Waals surface area contributed by atoms with Gasteiger partial charge in [-0.1, -0.05) is 0 Å². The molecule has 0 bridgehead atoms. The number of ether oxygens (including phenoxy) is 3. The summed E-state index contributed by atoms with van der Waals surface area (Å²) in [6, 6.07) is 10.9. The van der Waals surface area contributed by atoms with Crippen molar-refractivity contribution in [3.8, 4) is 11.5 Å². The fourth-order valence-corrected chi connectivity index (χ4v) is 2.61. The first-order chi connectivity index (χ1) is 15.3. The molecule has 32 heavy (non-hydrogen) atoms. The largest absolute Gasteiger partial charge is 0.489 e. The van der Waals surface area contributed by atoms with Crippen molar-refractivity contribution in [3.05, 3.63) is 77.5 Å². The molecule has 6 nitrogen and oxygen atoms in total. The Kier molecular flexibility index (Phi) is 7.37. The zero-order chi connectivity index (χ0) is 23.1. The fourth-order valence-electron chi connectivity index (χ4n) is 2.61. The predicted molar refractivity (Wildman–Crippen MR) is 106 cm³/mol. The summed E-state index contributed by atoms with van der Waals surface area (Å²) < 4.78 is 73.3.